The number of halogens is 6. The molecule has 2 aromatic carbocycles. The van der Waals surface area contributed by atoms with Crippen molar-refractivity contribution in [1.82, 2.24) is 4.98 Å². The van der Waals surface area contributed by atoms with Crippen LogP contribution in [0.2, 0.25) is 5.02 Å². The number of pyridine rings is 1. The summed E-state index contributed by atoms with van der Waals surface area (Å²) in [6.07, 6.45) is -5.72. The van der Waals surface area contributed by atoms with Crippen molar-refractivity contribution in [1.29, 1.82) is 0 Å². The third kappa shape index (κ3) is 7.83. The minimum atomic E-state index is -4.95. The molecule has 0 radical (unpaired) electrons. The van der Waals surface area contributed by atoms with E-state index in [4.69, 9.17) is 26.2 Å². The van der Waals surface area contributed by atoms with Gasteiger partial charge >= 0.3 is 12.1 Å². The van der Waals surface area contributed by atoms with Crippen LogP contribution in [-0.4, -0.2) is 57.4 Å². The van der Waals surface area contributed by atoms with Gasteiger partial charge in [0.25, 0.3) is 16.4 Å². The van der Waals surface area contributed by atoms with Crippen LogP contribution in [0.25, 0.3) is 12.2 Å². The molecule has 1 aromatic heterocycles. The smallest absolute Gasteiger partial charge is 0.417 e. The number of esters is 1. The predicted octanol–water partition coefficient (Wildman–Crippen LogP) is 6.14. The molecule has 4 rings (SSSR count). The molecule has 1 aliphatic rings. The van der Waals surface area contributed by atoms with Crippen molar-refractivity contribution < 1.29 is 54.5 Å². The Labute approximate surface area is 259 Å². The number of nitrogens with zero attached hydrogens (tertiary/aromatic N) is 2. The van der Waals surface area contributed by atoms with Gasteiger partial charge in [-0.2, -0.15) is 13.2 Å². The normalized spacial score (nSPS) is 15.2. The van der Waals surface area contributed by atoms with Crippen molar-refractivity contribution in [2.24, 2.45) is 0 Å². The molecule has 9 nitrogen and oxygen atoms in total. The van der Waals surface area contributed by atoms with Gasteiger partial charge in [-0.25, -0.2) is 22.2 Å². The molecule has 1 aliphatic heterocycles. The summed E-state index contributed by atoms with van der Waals surface area (Å²) in [6, 6.07) is 8.63. The van der Waals surface area contributed by atoms with Gasteiger partial charge in [0, 0.05) is 28.8 Å². The molecule has 16 heteroatoms. The quantitative estimate of drug-likeness (QED) is 0.146. The molecule has 1 atom stereocenters. The zero-order valence-electron chi connectivity index (χ0n) is 23.4. The number of aliphatic hydroxyl groups excluding tert-OH is 1. The van der Waals surface area contributed by atoms with Gasteiger partial charge in [-0.1, -0.05) is 42.0 Å². The number of carbonyl (C=O) groups is 1. The number of hydrogen-bond donors (Lipinski definition) is 1. The van der Waals surface area contributed by atoms with Crippen LogP contribution in [-0.2, 0) is 25.7 Å². The van der Waals surface area contributed by atoms with E-state index in [-0.39, 0.29) is 40.4 Å². The van der Waals surface area contributed by atoms with Crippen molar-refractivity contribution in [3.63, 3.8) is 0 Å². The number of aliphatic hydroxyl groups is 1. The summed E-state index contributed by atoms with van der Waals surface area (Å²) in [5.74, 6) is -1.25. The van der Waals surface area contributed by atoms with E-state index in [1.54, 1.807) is 0 Å². The minimum Gasteiger partial charge on any atom is -0.486 e. The Balaban J connectivity index is 1.83. The van der Waals surface area contributed by atoms with Gasteiger partial charge < -0.3 is 19.3 Å². The Morgan fingerprint density at radius 3 is 2.64 bits per heavy atom. The Morgan fingerprint density at radius 1 is 1.22 bits per heavy atom. The molecule has 242 valence electrons. The molecule has 0 bridgehead atoms. The van der Waals surface area contributed by atoms with E-state index in [9.17, 15) is 35.2 Å². The maximum absolute atomic E-state index is 14.1. The van der Waals surface area contributed by atoms with Crippen LogP contribution in [0.15, 0.2) is 53.6 Å². The van der Waals surface area contributed by atoms with Crippen molar-refractivity contribution in [2.75, 3.05) is 31.2 Å². The van der Waals surface area contributed by atoms with Crippen LogP contribution in [0.4, 0.5) is 27.6 Å². The number of alkyl halides is 5. The number of sulfonamides is 1. The number of fused-ring (bicyclic) bond motifs is 1. The van der Waals surface area contributed by atoms with Gasteiger partial charge in [0.1, 0.15) is 18.5 Å². The van der Waals surface area contributed by atoms with E-state index in [2.05, 4.69) is 9.72 Å². The molecule has 0 fully saturated rings. The molecular weight excluding hydrogens is 651 g/mol. The fourth-order valence-electron chi connectivity index (χ4n) is 4.43. The van der Waals surface area contributed by atoms with Gasteiger partial charge in [-0.15, -0.1) is 0 Å². The number of carbonyl (C=O) groups excluding carboxylic acids is 1. The molecule has 1 N–H and O–H groups in total. The lowest BCUT2D eigenvalue weighted by atomic mass is 10.0. The number of anilines is 1. The number of benzene rings is 2. The Kier molecular flexibility index (Phi) is 10.6. The highest BCUT2D eigenvalue weighted by Gasteiger charge is 2.39. The molecule has 0 aliphatic carbocycles. The summed E-state index contributed by atoms with van der Waals surface area (Å²) in [6.45, 7) is -1.47. The van der Waals surface area contributed by atoms with E-state index in [1.807, 2.05) is 0 Å². The highest BCUT2D eigenvalue weighted by atomic mass is 35.5. The molecule has 0 amide bonds. The van der Waals surface area contributed by atoms with Crippen LogP contribution >= 0.6 is 11.6 Å². The number of ether oxygens (including phenoxy) is 3. The third-order valence-corrected chi connectivity index (χ3v) is 8.72. The third-order valence-electron chi connectivity index (χ3n) is 6.62. The molecule has 0 saturated heterocycles. The fraction of sp³-hybridized carbons (Fsp3) is 0.310. The van der Waals surface area contributed by atoms with Crippen LogP contribution in [0.3, 0.4) is 0 Å². The number of aromatic nitrogens is 1. The van der Waals surface area contributed by atoms with Crippen LogP contribution in [0.1, 0.15) is 41.5 Å². The zero-order chi connectivity index (χ0) is 32.9. The minimum absolute atomic E-state index is 0.00257. The maximum Gasteiger partial charge on any atom is 0.417 e. The average Bonchev–Trinajstić information content (AvgIpc) is 3.00. The highest BCUT2D eigenvalue weighted by Crippen LogP contribution is 2.42. The van der Waals surface area contributed by atoms with E-state index >= 15 is 0 Å². The number of methoxy groups -OCH3 is 1. The van der Waals surface area contributed by atoms with E-state index < -0.39 is 70.8 Å². The molecule has 0 unspecified atom stereocenters. The second-order valence-electron chi connectivity index (χ2n) is 9.59. The Hall–Kier alpha value is -3.95. The second-order valence-corrected chi connectivity index (χ2v) is 11.8. The Morgan fingerprint density at radius 2 is 1.98 bits per heavy atom. The lowest BCUT2D eigenvalue weighted by Crippen LogP contribution is -2.44. The summed E-state index contributed by atoms with van der Waals surface area (Å²) in [4.78, 5) is 14.4. The van der Waals surface area contributed by atoms with E-state index in [0.29, 0.717) is 17.8 Å². The monoisotopic (exact) mass is 676 g/mol. The van der Waals surface area contributed by atoms with E-state index in [1.165, 1.54) is 55.7 Å². The van der Waals surface area contributed by atoms with Gasteiger partial charge in [-0.3, -0.25) is 9.10 Å². The topological polar surface area (TPSA) is 115 Å². The average molecular weight is 677 g/mol. The maximum atomic E-state index is 14.1. The molecule has 0 saturated carbocycles. The molecule has 0 spiro atoms. The van der Waals surface area contributed by atoms with Crippen LogP contribution in [0.5, 0.6) is 11.6 Å². The van der Waals surface area contributed by atoms with Gasteiger partial charge in [-0.05, 0) is 36.2 Å². The molecule has 45 heavy (non-hydrogen) atoms. The lowest BCUT2D eigenvalue weighted by Gasteiger charge is -2.36. The highest BCUT2D eigenvalue weighted by molar-refractivity contribution is 7.93. The summed E-state index contributed by atoms with van der Waals surface area (Å²) in [5, 5.41) is 9.22. The van der Waals surface area contributed by atoms with Crippen LogP contribution in [0, 0.1) is 0 Å². The summed E-state index contributed by atoms with van der Waals surface area (Å²) < 4.78 is 113. The standard InChI is InChI=1S/C29H26ClF5N2O7S/c1-42-26(39)10-7-19-16-37(45(40,41)25-14-18(29(33,34)35)15-36-28(25)43-12-11-38)23-13-17(6-9-24(23)44-19)5-8-20-21(27(31)32)3-2-4-22(20)30/h2-6,8-9,13-15,19,27,38H,7,10-12,16H2,1H3/b8-5+/t19-/m0/s1. The zero-order valence-corrected chi connectivity index (χ0v) is 25.0. The van der Waals surface area contributed by atoms with Crippen molar-refractivity contribution in [2.45, 2.75) is 36.4 Å². The van der Waals surface area contributed by atoms with Crippen molar-refractivity contribution >= 4 is 45.4 Å². The summed E-state index contributed by atoms with van der Waals surface area (Å²) in [5.41, 5.74) is -1.43. The van der Waals surface area contributed by atoms with E-state index in [0.717, 1.165) is 4.31 Å². The first-order valence-electron chi connectivity index (χ1n) is 13.2. The van der Waals surface area contributed by atoms with Crippen molar-refractivity contribution in [3.8, 4) is 11.6 Å². The van der Waals surface area contributed by atoms with Gasteiger partial charge in [0.05, 0.1) is 31.5 Å². The predicted molar refractivity (Wildman–Crippen MR) is 154 cm³/mol. The van der Waals surface area contributed by atoms with Crippen molar-refractivity contribution in [3.05, 3.63) is 75.9 Å². The Bertz CT molecular complexity index is 1690. The first-order valence-corrected chi connectivity index (χ1v) is 15.0. The van der Waals surface area contributed by atoms with Gasteiger partial charge in [0.2, 0.25) is 5.88 Å². The first kappa shape index (κ1) is 33.9. The lowest BCUT2D eigenvalue weighted by molar-refractivity contribution is -0.141. The molecule has 3 aromatic rings. The number of hydrogen-bond acceptors (Lipinski definition) is 8. The first-order chi connectivity index (χ1) is 21.3. The fourth-order valence-corrected chi connectivity index (χ4v) is 6.29. The molecular formula is C29H26ClF5N2O7S. The summed E-state index contributed by atoms with van der Waals surface area (Å²) >= 11 is 6.14. The number of rotatable bonds is 11. The van der Waals surface area contributed by atoms with Crippen LogP contribution < -0.4 is 13.8 Å². The van der Waals surface area contributed by atoms with Gasteiger partial charge in [0.15, 0.2) is 4.90 Å². The largest absolute Gasteiger partial charge is 0.486 e. The second kappa shape index (κ2) is 14.0. The molecule has 2 heterocycles. The summed E-state index contributed by atoms with van der Waals surface area (Å²) in [7, 11) is -3.71. The SMILES string of the molecule is COC(=O)CC[C@H]1CN(S(=O)(=O)c2cc(C(F)(F)F)cnc2OCCO)c2cc(/C=C/c3c(Cl)cccc3C(F)F)ccc2O1.